The van der Waals surface area contributed by atoms with Crippen molar-refractivity contribution in [3.8, 4) is 0 Å². The van der Waals surface area contributed by atoms with Crippen LogP contribution >= 0.6 is 0 Å². The lowest BCUT2D eigenvalue weighted by molar-refractivity contribution is -0.384. The van der Waals surface area contributed by atoms with Gasteiger partial charge in [0.25, 0.3) is 0 Å². The molecule has 1 aromatic rings. The predicted octanol–water partition coefficient (Wildman–Crippen LogP) is 1.63. The highest BCUT2D eigenvalue weighted by Crippen LogP contribution is 2.27. The average molecular weight is 268 g/mol. The number of nitrogens with one attached hydrogen (secondary N) is 1. The molecule has 106 valence electrons. The lowest BCUT2D eigenvalue weighted by atomic mass is 10.3. The molecule has 1 rings (SSSR count). The van der Waals surface area contributed by atoms with Crippen LogP contribution in [-0.2, 0) is 0 Å². The van der Waals surface area contributed by atoms with E-state index in [1.54, 1.807) is 11.0 Å². The zero-order valence-corrected chi connectivity index (χ0v) is 11.3. The number of nitrogens with zero attached hydrogens (tertiary/aromatic N) is 3. The number of hydrogen-bond donors (Lipinski definition) is 2. The molecule has 0 bridgehead atoms. The number of nitro groups is 1. The van der Waals surface area contributed by atoms with Crippen molar-refractivity contribution >= 4 is 17.3 Å². The van der Waals surface area contributed by atoms with E-state index in [2.05, 4.69) is 10.3 Å². The molecule has 0 aliphatic rings. The molecule has 19 heavy (non-hydrogen) atoms. The van der Waals surface area contributed by atoms with Crippen molar-refractivity contribution in [2.45, 2.75) is 20.3 Å². The molecule has 0 saturated heterocycles. The molecule has 0 spiro atoms. The highest BCUT2D eigenvalue weighted by atomic mass is 16.6. The van der Waals surface area contributed by atoms with Gasteiger partial charge in [-0.05, 0) is 19.4 Å². The van der Waals surface area contributed by atoms with Crippen molar-refractivity contribution < 1.29 is 10.0 Å². The Morgan fingerprint density at radius 1 is 1.42 bits per heavy atom. The van der Waals surface area contributed by atoms with Gasteiger partial charge in [-0.1, -0.05) is 6.92 Å². The van der Waals surface area contributed by atoms with Gasteiger partial charge < -0.3 is 15.3 Å². The number of rotatable bonds is 8. The van der Waals surface area contributed by atoms with E-state index in [1.165, 1.54) is 6.07 Å². The lowest BCUT2D eigenvalue weighted by Gasteiger charge is -2.22. The Hall–Kier alpha value is -1.89. The first-order chi connectivity index (χ1) is 9.13. The molecule has 0 unspecified atom stereocenters. The van der Waals surface area contributed by atoms with Gasteiger partial charge in [0, 0.05) is 25.7 Å². The molecule has 0 atom stereocenters. The normalized spacial score (nSPS) is 10.3. The van der Waals surface area contributed by atoms with E-state index in [4.69, 9.17) is 5.11 Å². The van der Waals surface area contributed by atoms with Crippen LogP contribution < -0.4 is 10.2 Å². The molecule has 0 radical (unpaired) electrons. The minimum Gasteiger partial charge on any atom is -0.395 e. The summed E-state index contributed by atoms with van der Waals surface area (Å²) in [6.07, 6.45) is 0.824. The molecule has 2 N–H and O–H groups in total. The smallest absolute Gasteiger partial charge is 0.311 e. The van der Waals surface area contributed by atoms with Crippen LogP contribution in [0.4, 0.5) is 17.3 Å². The Balaban J connectivity index is 3.16. The SMILES string of the molecule is CCCN(CCO)c1nc(NCC)ccc1[N+](=O)[O-]. The molecule has 7 nitrogen and oxygen atoms in total. The molecule has 0 saturated carbocycles. The fraction of sp³-hybridized carbons (Fsp3) is 0.583. The second kappa shape index (κ2) is 7.52. The third kappa shape index (κ3) is 4.06. The summed E-state index contributed by atoms with van der Waals surface area (Å²) in [5, 5.41) is 23.2. The monoisotopic (exact) mass is 268 g/mol. The van der Waals surface area contributed by atoms with Gasteiger partial charge >= 0.3 is 5.69 Å². The summed E-state index contributed by atoms with van der Waals surface area (Å²) >= 11 is 0. The number of hydrogen-bond acceptors (Lipinski definition) is 6. The molecule has 1 aromatic heterocycles. The minimum atomic E-state index is -0.446. The minimum absolute atomic E-state index is 0.0384. The number of aliphatic hydroxyl groups is 1. The maximum absolute atomic E-state index is 11.1. The zero-order chi connectivity index (χ0) is 14.3. The second-order valence-corrected chi connectivity index (χ2v) is 4.04. The van der Waals surface area contributed by atoms with Crippen LogP contribution in [0, 0.1) is 10.1 Å². The summed E-state index contributed by atoms with van der Waals surface area (Å²) in [4.78, 5) is 16.6. The van der Waals surface area contributed by atoms with E-state index in [0.29, 0.717) is 31.3 Å². The summed E-state index contributed by atoms with van der Waals surface area (Å²) in [6, 6.07) is 3.04. The summed E-state index contributed by atoms with van der Waals surface area (Å²) in [6.45, 7) is 5.48. The number of aliphatic hydroxyl groups excluding tert-OH is 1. The van der Waals surface area contributed by atoms with Gasteiger partial charge in [-0.2, -0.15) is 0 Å². The molecule has 1 heterocycles. The van der Waals surface area contributed by atoms with Gasteiger partial charge in [0.1, 0.15) is 5.82 Å². The highest BCUT2D eigenvalue weighted by Gasteiger charge is 2.21. The predicted molar refractivity (Wildman–Crippen MR) is 74.6 cm³/mol. The standard InChI is InChI=1S/C12H20N4O3/c1-3-7-15(8-9-17)12-10(16(18)19)5-6-11(14-12)13-4-2/h5-6,17H,3-4,7-9H2,1-2H3,(H,13,14). The topological polar surface area (TPSA) is 91.5 Å². The highest BCUT2D eigenvalue weighted by molar-refractivity contribution is 5.61. The van der Waals surface area contributed by atoms with Crippen molar-refractivity contribution in [1.29, 1.82) is 0 Å². The Labute approximate surface area is 112 Å². The maximum Gasteiger partial charge on any atom is 0.311 e. The van der Waals surface area contributed by atoms with Crippen LogP contribution in [0.15, 0.2) is 12.1 Å². The number of anilines is 2. The summed E-state index contributed by atoms with van der Waals surface area (Å²) in [7, 11) is 0. The average Bonchev–Trinajstić information content (AvgIpc) is 2.38. The Bertz CT molecular complexity index is 419. The Morgan fingerprint density at radius 2 is 2.16 bits per heavy atom. The van der Waals surface area contributed by atoms with Crippen molar-refractivity contribution in [2.24, 2.45) is 0 Å². The van der Waals surface area contributed by atoms with E-state index < -0.39 is 4.92 Å². The van der Waals surface area contributed by atoms with Gasteiger partial charge in [0.2, 0.25) is 5.82 Å². The fourth-order valence-electron chi connectivity index (χ4n) is 1.81. The molecule has 7 heteroatoms. The quantitative estimate of drug-likeness (QED) is 0.550. The van der Waals surface area contributed by atoms with E-state index in [1.807, 2.05) is 13.8 Å². The zero-order valence-electron chi connectivity index (χ0n) is 11.3. The largest absolute Gasteiger partial charge is 0.395 e. The van der Waals surface area contributed by atoms with Gasteiger partial charge in [0.15, 0.2) is 0 Å². The molecule has 0 amide bonds. The molecule has 0 aliphatic heterocycles. The van der Waals surface area contributed by atoms with E-state index in [0.717, 1.165) is 6.42 Å². The maximum atomic E-state index is 11.1. The van der Waals surface area contributed by atoms with Crippen molar-refractivity contribution in [3.63, 3.8) is 0 Å². The third-order valence-corrected chi connectivity index (χ3v) is 2.57. The van der Waals surface area contributed by atoms with Crippen LogP contribution in [0.5, 0.6) is 0 Å². The van der Waals surface area contributed by atoms with Gasteiger partial charge in [-0.25, -0.2) is 4.98 Å². The van der Waals surface area contributed by atoms with Crippen LogP contribution in [0.2, 0.25) is 0 Å². The summed E-state index contributed by atoms with van der Waals surface area (Å²) in [5.41, 5.74) is -0.0384. The first kappa shape index (κ1) is 15.2. The second-order valence-electron chi connectivity index (χ2n) is 4.04. The first-order valence-electron chi connectivity index (χ1n) is 6.39. The van der Waals surface area contributed by atoms with Gasteiger partial charge in [0.05, 0.1) is 11.5 Å². The molecule has 0 aliphatic carbocycles. The van der Waals surface area contributed by atoms with Crippen molar-refractivity contribution in [1.82, 2.24) is 4.98 Å². The fourth-order valence-corrected chi connectivity index (χ4v) is 1.81. The summed E-state index contributed by atoms with van der Waals surface area (Å²) in [5.74, 6) is 0.904. The van der Waals surface area contributed by atoms with Crippen LogP contribution in [0.25, 0.3) is 0 Å². The Morgan fingerprint density at radius 3 is 2.68 bits per heavy atom. The van der Waals surface area contributed by atoms with Crippen LogP contribution in [0.3, 0.4) is 0 Å². The van der Waals surface area contributed by atoms with Crippen molar-refractivity contribution in [3.05, 3.63) is 22.2 Å². The Kier molecular flexibility index (Phi) is 6.01. The van der Waals surface area contributed by atoms with Gasteiger partial charge in [-0.3, -0.25) is 10.1 Å². The third-order valence-electron chi connectivity index (χ3n) is 2.57. The van der Waals surface area contributed by atoms with Crippen LogP contribution in [0.1, 0.15) is 20.3 Å². The number of aromatic nitrogens is 1. The summed E-state index contributed by atoms with van der Waals surface area (Å²) < 4.78 is 0. The van der Waals surface area contributed by atoms with E-state index in [9.17, 15) is 10.1 Å². The van der Waals surface area contributed by atoms with Crippen molar-refractivity contribution in [2.75, 3.05) is 36.5 Å². The van der Waals surface area contributed by atoms with E-state index in [-0.39, 0.29) is 12.3 Å². The van der Waals surface area contributed by atoms with Crippen LogP contribution in [-0.4, -0.2) is 41.3 Å². The lowest BCUT2D eigenvalue weighted by Crippen LogP contribution is -2.29. The molecular weight excluding hydrogens is 248 g/mol. The molecule has 0 aromatic carbocycles. The first-order valence-corrected chi connectivity index (χ1v) is 6.39. The molecular formula is C12H20N4O3. The number of pyridine rings is 1. The van der Waals surface area contributed by atoms with E-state index >= 15 is 0 Å². The van der Waals surface area contributed by atoms with Gasteiger partial charge in [-0.15, -0.1) is 0 Å². The molecule has 0 fully saturated rings.